The topological polar surface area (TPSA) is 413 Å². The maximum absolute atomic E-state index is 10.00. The average molecular weight is 676 g/mol. The van der Waals surface area contributed by atoms with Crippen LogP contribution in [-0.4, -0.2) is 219 Å². The van der Waals surface area contributed by atoms with Crippen LogP contribution in [0.2, 0.25) is 0 Å². The van der Waals surface area contributed by atoms with Crippen molar-refractivity contribution in [3.8, 4) is 0 Å². The molecule has 0 unspecified atom stereocenters. The van der Waals surface area contributed by atoms with E-state index in [2.05, 4.69) is 0 Å². The zero-order valence-electron chi connectivity index (χ0n) is 19.4. The molecule has 9 atom stereocenters. The molecule has 2 saturated heterocycles. The van der Waals surface area contributed by atoms with Crippen LogP contribution in [0, 0.1) is 0 Å². The number of aliphatic hydroxyl groups excluding tert-OH is 8. The summed E-state index contributed by atoms with van der Waals surface area (Å²) in [6.07, 6.45) is -12.7. The van der Waals surface area contributed by atoms with Gasteiger partial charge in [0.2, 0.25) is 5.79 Å². The maximum Gasteiger partial charge on any atom is 0.394 e. The van der Waals surface area contributed by atoms with Gasteiger partial charge in [-0.15, -0.1) is 0 Å². The normalized spacial score (nSPS) is 34.6. The molecule has 0 saturated carbocycles. The molecule has 0 aromatic rings. The van der Waals surface area contributed by atoms with E-state index in [0.29, 0.717) is 0 Å². The molecule has 0 aromatic carbocycles. The molecule has 0 amide bonds. The van der Waals surface area contributed by atoms with Gasteiger partial charge in [-0.25, -0.2) is 0 Å². The van der Waals surface area contributed by atoms with Crippen LogP contribution in [-0.2, 0) is 45.4 Å². The van der Waals surface area contributed by atoms with Crippen LogP contribution in [0.4, 0.5) is 0 Å². The minimum Gasteiger partial charge on any atom is -0.394 e. The first-order valence-corrected chi connectivity index (χ1v) is 13.3. The van der Waals surface area contributed by atoms with Crippen LogP contribution in [0.3, 0.4) is 0 Å². The van der Waals surface area contributed by atoms with Crippen molar-refractivity contribution in [2.45, 2.75) is 54.8 Å². The van der Waals surface area contributed by atoms with E-state index >= 15 is 0 Å². The second kappa shape index (κ2) is 18.5. The van der Waals surface area contributed by atoms with E-state index in [-0.39, 0.29) is 51.4 Å². The molecule has 39 heavy (non-hydrogen) atoms. The molecular formula is C12H28KO23S3. The van der Waals surface area contributed by atoms with Crippen molar-refractivity contribution in [1.82, 2.24) is 0 Å². The van der Waals surface area contributed by atoms with Crippen LogP contribution in [0.1, 0.15) is 0 Å². The van der Waals surface area contributed by atoms with Gasteiger partial charge in [0, 0.05) is 51.4 Å². The zero-order valence-corrected chi connectivity index (χ0v) is 25.0. The summed E-state index contributed by atoms with van der Waals surface area (Å²) < 4.78 is 110. The van der Waals surface area contributed by atoms with E-state index in [1.165, 1.54) is 0 Å². The Kier molecular flexibility index (Phi) is 21.0. The van der Waals surface area contributed by atoms with Gasteiger partial charge < -0.3 is 55.1 Å². The SMILES string of the molecule is O=S(=O)(O)O.O=S(=O)(O)O.O=S(=O)(O)O.OC[C@H]1O[C@@](CO)(O[C@H]2O[C@H](CO)[C@@H](O)[C@H](O)[C@H]2O)[C@@H](O)[C@@H]1O.[K]. The van der Waals surface area contributed by atoms with Gasteiger partial charge in [-0.3, -0.25) is 27.3 Å². The van der Waals surface area contributed by atoms with Crippen molar-refractivity contribution in [2.75, 3.05) is 19.8 Å². The number of hydrogen-bond donors (Lipinski definition) is 14. The molecule has 0 bridgehead atoms. The first-order chi connectivity index (χ1) is 16.8. The summed E-state index contributed by atoms with van der Waals surface area (Å²) in [5, 5.41) is 76.7. The smallest absolute Gasteiger partial charge is 0.394 e. The molecule has 2 fully saturated rings. The number of rotatable bonds is 5. The summed E-state index contributed by atoms with van der Waals surface area (Å²) in [6.45, 7) is -2.32. The van der Waals surface area contributed by atoms with Crippen LogP contribution < -0.4 is 0 Å². The number of aliphatic hydroxyl groups is 8. The minimum absolute atomic E-state index is 0. The van der Waals surface area contributed by atoms with E-state index in [0.717, 1.165) is 0 Å². The molecule has 1 radical (unpaired) electrons. The van der Waals surface area contributed by atoms with Gasteiger partial charge in [0.15, 0.2) is 6.29 Å². The Labute approximate surface area is 262 Å². The Bertz CT molecular complexity index is 906. The quantitative estimate of drug-likeness (QED) is 0.0949. The van der Waals surface area contributed by atoms with Gasteiger partial charge in [0.1, 0.15) is 49.3 Å². The number of ether oxygens (including phenoxy) is 3. The second-order valence-corrected chi connectivity index (χ2v) is 9.59. The fourth-order valence-corrected chi connectivity index (χ4v) is 2.63. The molecule has 2 rings (SSSR count). The van der Waals surface area contributed by atoms with Crippen molar-refractivity contribution in [1.29, 1.82) is 0 Å². The minimum atomic E-state index is -4.67. The molecule has 2 aliphatic heterocycles. The molecule has 2 aliphatic rings. The summed E-state index contributed by atoms with van der Waals surface area (Å²) in [4.78, 5) is 0. The van der Waals surface area contributed by atoms with Crippen molar-refractivity contribution in [3.63, 3.8) is 0 Å². The van der Waals surface area contributed by atoms with Crippen molar-refractivity contribution < 1.29 is 108 Å². The molecule has 2 heterocycles. The second-order valence-electron chi connectivity index (χ2n) is 6.90. The third-order valence-corrected chi connectivity index (χ3v) is 4.07. The maximum atomic E-state index is 10.00. The van der Waals surface area contributed by atoms with Gasteiger partial charge in [-0.2, -0.15) is 25.3 Å². The third kappa shape index (κ3) is 19.6. The Morgan fingerprint density at radius 3 is 1.26 bits per heavy atom. The van der Waals surface area contributed by atoms with E-state index in [1.807, 2.05) is 0 Å². The Morgan fingerprint density at radius 2 is 0.974 bits per heavy atom. The average Bonchev–Trinajstić information content (AvgIpc) is 2.95. The van der Waals surface area contributed by atoms with Gasteiger partial charge in [-0.05, 0) is 0 Å². The molecule has 233 valence electrons. The fraction of sp³-hybridized carbons (Fsp3) is 1.00. The standard InChI is InChI=1S/C12H22O11.K.3H2O4S/c13-1-4-6(16)8(18)9(19)11(21-4)23-12(3-15)10(20)7(17)5(2-14)22-12;;3*1-5(2,3)4/h4-11,13-20H,1-3H2;;3*(H2,1,2,3,4)/t4-,5-,6-,7-,8+,9-,10+,11-,12+;;;;/m1..../s1. The summed E-state index contributed by atoms with van der Waals surface area (Å²) in [7, 11) is -14.0. The number of hydrogen-bond acceptors (Lipinski definition) is 17. The molecule has 0 spiro atoms. The van der Waals surface area contributed by atoms with Gasteiger partial charge >= 0.3 is 31.2 Å². The van der Waals surface area contributed by atoms with Gasteiger partial charge in [-0.1, -0.05) is 0 Å². The summed E-state index contributed by atoms with van der Waals surface area (Å²) in [6, 6.07) is 0. The summed E-state index contributed by atoms with van der Waals surface area (Å²) in [5.41, 5.74) is 0. The summed E-state index contributed by atoms with van der Waals surface area (Å²) in [5.74, 6) is -2.22. The van der Waals surface area contributed by atoms with E-state index in [9.17, 15) is 30.6 Å². The van der Waals surface area contributed by atoms with Crippen LogP contribution in [0.15, 0.2) is 0 Å². The van der Waals surface area contributed by atoms with Crippen molar-refractivity contribution >= 4 is 82.6 Å². The molecule has 0 aromatic heterocycles. The first kappa shape index (κ1) is 44.2. The molecule has 27 heteroatoms. The Balaban J connectivity index is -0.000000667. The van der Waals surface area contributed by atoms with Gasteiger partial charge in [0.05, 0.1) is 13.2 Å². The Morgan fingerprint density at radius 1 is 0.615 bits per heavy atom. The van der Waals surface area contributed by atoms with E-state index < -0.39 is 106 Å². The predicted octanol–water partition coefficient (Wildman–Crippen LogP) is -7.73. The molecule has 0 aliphatic carbocycles. The Hall–Kier alpha value is 0.806. The monoisotopic (exact) mass is 675 g/mol. The zero-order chi connectivity index (χ0) is 30.9. The largest absolute Gasteiger partial charge is 0.394 e. The van der Waals surface area contributed by atoms with E-state index in [4.69, 9.17) is 77.0 Å². The predicted molar refractivity (Wildman–Crippen MR) is 117 cm³/mol. The van der Waals surface area contributed by atoms with Crippen molar-refractivity contribution in [2.24, 2.45) is 0 Å². The summed E-state index contributed by atoms with van der Waals surface area (Å²) >= 11 is 0. The van der Waals surface area contributed by atoms with Crippen LogP contribution in [0.5, 0.6) is 0 Å². The first-order valence-electron chi connectivity index (χ1n) is 9.14. The van der Waals surface area contributed by atoms with E-state index in [1.54, 1.807) is 0 Å². The van der Waals surface area contributed by atoms with Crippen molar-refractivity contribution in [3.05, 3.63) is 0 Å². The van der Waals surface area contributed by atoms with Gasteiger partial charge in [0.25, 0.3) is 0 Å². The van der Waals surface area contributed by atoms with Crippen LogP contribution >= 0.6 is 0 Å². The fourth-order valence-electron chi connectivity index (χ4n) is 2.63. The molecular weight excluding hydrogens is 647 g/mol. The molecule has 23 nitrogen and oxygen atoms in total. The van der Waals surface area contributed by atoms with Crippen LogP contribution in [0.25, 0.3) is 0 Å². The molecule has 14 N–H and O–H groups in total. The third-order valence-electron chi connectivity index (χ3n) is 4.07.